The van der Waals surface area contributed by atoms with Crippen LogP contribution in [-0.4, -0.2) is 35.0 Å². The highest BCUT2D eigenvalue weighted by molar-refractivity contribution is 7.18. The summed E-state index contributed by atoms with van der Waals surface area (Å²) in [6, 6.07) is 4.91. The van der Waals surface area contributed by atoms with Crippen LogP contribution < -0.4 is 5.32 Å². The van der Waals surface area contributed by atoms with Crippen molar-refractivity contribution in [3.05, 3.63) is 41.3 Å². The summed E-state index contributed by atoms with van der Waals surface area (Å²) in [6.07, 6.45) is 4.25. The zero-order chi connectivity index (χ0) is 17.9. The molecular formula is C17H15N3O5S. The van der Waals surface area contributed by atoms with Gasteiger partial charge >= 0.3 is 0 Å². The predicted octanol–water partition coefficient (Wildman–Crippen LogP) is 3.25. The lowest BCUT2D eigenvalue weighted by atomic mass is 9.94. The monoisotopic (exact) mass is 373 g/mol. The Kier molecular flexibility index (Phi) is 4.63. The maximum atomic E-state index is 13.0. The van der Waals surface area contributed by atoms with Crippen molar-refractivity contribution in [1.29, 1.82) is 0 Å². The number of nitrogens with zero attached hydrogens (tertiary/aromatic N) is 2. The van der Waals surface area contributed by atoms with Crippen LogP contribution in [0.15, 0.2) is 39.6 Å². The largest absolute Gasteiger partial charge is 0.463 e. The summed E-state index contributed by atoms with van der Waals surface area (Å²) >= 11 is 1.13. The average Bonchev–Trinajstić information content (AvgIpc) is 3.42. The van der Waals surface area contributed by atoms with Crippen molar-refractivity contribution < 1.29 is 23.3 Å². The number of anilines is 1. The van der Waals surface area contributed by atoms with Crippen LogP contribution in [-0.2, 0) is 4.74 Å². The molecule has 3 aromatic heterocycles. The predicted molar refractivity (Wildman–Crippen MR) is 92.1 cm³/mol. The number of amides is 1. The first kappa shape index (κ1) is 16.7. The quantitative estimate of drug-likeness (QED) is 0.684. The van der Waals surface area contributed by atoms with Gasteiger partial charge in [0.15, 0.2) is 16.7 Å². The fourth-order valence-corrected chi connectivity index (χ4v) is 3.74. The second-order valence-corrected chi connectivity index (χ2v) is 6.75. The number of hydrogen-bond donors (Lipinski definition) is 1. The van der Waals surface area contributed by atoms with Gasteiger partial charge in [0, 0.05) is 25.2 Å². The van der Waals surface area contributed by atoms with Crippen LogP contribution >= 0.6 is 11.3 Å². The molecule has 1 N–H and O–H groups in total. The van der Waals surface area contributed by atoms with Gasteiger partial charge in [-0.05, 0) is 25.0 Å². The molecule has 8 nitrogen and oxygen atoms in total. The molecule has 0 saturated carbocycles. The number of ether oxygens (including phenoxy) is 1. The van der Waals surface area contributed by atoms with Gasteiger partial charge in [0.25, 0.3) is 5.91 Å². The van der Waals surface area contributed by atoms with Gasteiger partial charge in [0.2, 0.25) is 5.76 Å². The van der Waals surface area contributed by atoms with E-state index in [1.54, 1.807) is 12.1 Å². The highest BCUT2D eigenvalue weighted by Gasteiger charge is 2.29. The van der Waals surface area contributed by atoms with E-state index in [1.165, 1.54) is 18.5 Å². The van der Waals surface area contributed by atoms with Gasteiger partial charge in [-0.15, -0.1) is 0 Å². The van der Waals surface area contributed by atoms with E-state index in [4.69, 9.17) is 13.7 Å². The minimum atomic E-state index is -0.479. The van der Waals surface area contributed by atoms with Crippen molar-refractivity contribution in [1.82, 2.24) is 10.1 Å². The number of hydrogen-bond acceptors (Lipinski definition) is 8. The molecule has 3 aromatic rings. The van der Waals surface area contributed by atoms with Crippen LogP contribution in [0.1, 0.15) is 33.1 Å². The molecule has 1 saturated heterocycles. The van der Waals surface area contributed by atoms with E-state index in [9.17, 15) is 9.59 Å². The Morgan fingerprint density at radius 3 is 2.77 bits per heavy atom. The van der Waals surface area contributed by atoms with Gasteiger partial charge in [-0.3, -0.25) is 14.9 Å². The summed E-state index contributed by atoms with van der Waals surface area (Å²) in [7, 11) is 0. The van der Waals surface area contributed by atoms with Gasteiger partial charge in [0.1, 0.15) is 10.6 Å². The number of carbonyl (C=O) groups excluding carboxylic acids is 2. The maximum absolute atomic E-state index is 13.0. The minimum Gasteiger partial charge on any atom is -0.463 e. The fraction of sp³-hybridized carbons (Fsp3) is 0.294. The number of aromatic nitrogens is 2. The Bertz CT molecular complexity index is 895. The molecule has 26 heavy (non-hydrogen) atoms. The molecular weight excluding hydrogens is 358 g/mol. The van der Waals surface area contributed by atoms with E-state index in [2.05, 4.69) is 15.5 Å². The van der Waals surface area contributed by atoms with Gasteiger partial charge in [-0.2, -0.15) is 0 Å². The summed E-state index contributed by atoms with van der Waals surface area (Å²) in [5.41, 5.74) is 0.435. The Hall–Kier alpha value is -2.78. The maximum Gasteiger partial charge on any atom is 0.296 e. The summed E-state index contributed by atoms with van der Waals surface area (Å²) in [5, 5.41) is 6.44. The molecule has 9 heteroatoms. The smallest absolute Gasteiger partial charge is 0.296 e. The molecule has 0 spiro atoms. The molecule has 1 aliphatic rings. The molecule has 134 valence electrons. The zero-order valence-electron chi connectivity index (χ0n) is 13.6. The second kappa shape index (κ2) is 7.22. The Morgan fingerprint density at radius 1 is 1.23 bits per heavy atom. The zero-order valence-corrected chi connectivity index (χ0v) is 14.5. The average molecular weight is 373 g/mol. The van der Waals surface area contributed by atoms with Crippen molar-refractivity contribution >= 4 is 28.2 Å². The Labute approximate surface area is 152 Å². The standard InChI is InChI=1S/C17H15N3O5S/c21-14(10-4-8-23-9-5-10)15-13(11-2-1-7-24-11)19-17(26-15)20-16(22)12-3-6-18-25-12/h1-3,6-7,10H,4-5,8-9H2,(H,19,20,22). The first-order valence-electron chi connectivity index (χ1n) is 8.11. The third-order valence-corrected chi connectivity index (χ3v) is 5.07. The lowest BCUT2D eigenvalue weighted by molar-refractivity contribution is 0.0547. The number of Topliss-reactive ketones (excluding diaryl/α,β-unsaturated/α-hetero) is 1. The number of ketones is 1. The molecule has 1 aliphatic heterocycles. The Balaban J connectivity index is 1.64. The molecule has 1 amide bonds. The first-order valence-corrected chi connectivity index (χ1v) is 8.92. The fourth-order valence-electron chi connectivity index (χ4n) is 2.76. The summed E-state index contributed by atoms with van der Waals surface area (Å²) in [5.74, 6) is -0.0470. The van der Waals surface area contributed by atoms with Crippen molar-refractivity contribution in [3.8, 4) is 11.5 Å². The van der Waals surface area contributed by atoms with Crippen LogP contribution in [0.3, 0.4) is 0 Å². The van der Waals surface area contributed by atoms with Crippen molar-refractivity contribution in [3.63, 3.8) is 0 Å². The van der Waals surface area contributed by atoms with E-state index in [0.29, 0.717) is 47.5 Å². The highest BCUT2D eigenvalue weighted by atomic mass is 32.1. The second-order valence-electron chi connectivity index (χ2n) is 5.76. The molecule has 0 unspecified atom stereocenters. The number of rotatable bonds is 5. The van der Waals surface area contributed by atoms with E-state index in [0.717, 1.165) is 11.3 Å². The van der Waals surface area contributed by atoms with Gasteiger partial charge < -0.3 is 13.7 Å². The summed E-state index contributed by atoms with van der Waals surface area (Å²) in [6.45, 7) is 1.14. The summed E-state index contributed by atoms with van der Waals surface area (Å²) < 4.78 is 15.6. The molecule has 0 aromatic carbocycles. The van der Waals surface area contributed by atoms with Gasteiger partial charge in [-0.1, -0.05) is 16.5 Å². The lowest BCUT2D eigenvalue weighted by Crippen LogP contribution is -2.23. The number of furan rings is 1. The van der Waals surface area contributed by atoms with E-state index < -0.39 is 5.91 Å². The number of nitrogens with one attached hydrogen (secondary N) is 1. The van der Waals surface area contributed by atoms with E-state index in [-0.39, 0.29) is 17.5 Å². The molecule has 0 bridgehead atoms. The van der Waals surface area contributed by atoms with Gasteiger partial charge in [-0.25, -0.2) is 4.98 Å². The first-order chi connectivity index (χ1) is 12.7. The van der Waals surface area contributed by atoms with Crippen molar-refractivity contribution in [2.24, 2.45) is 5.92 Å². The topological polar surface area (TPSA) is 107 Å². The van der Waals surface area contributed by atoms with Crippen LogP contribution in [0.5, 0.6) is 0 Å². The number of thiazole rings is 1. The highest BCUT2D eigenvalue weighted by Crippen LogP contribution is 2.35. The number of carbonyl (C=O) groups is 2. The molecule has 0 aliphatic carbocycles. The molecule has 4 heterocycles. The van der Waals surface area contributed by atoms with Crippen LogP contribution in [0, 0.1) is 5.92 Å². The van der Waals surface area contributed by atoms with Gasteiger partial charge in [0.05, 0.1) is 12.5 Å². The van der Waals surface area contributed by atoms with Crippen LogP contribution in [0.2, 0.25) is 0 Å². The van der Waals surface area contributed by atoms with Crippen LogP contribution in [0.4, 0.5) is 5.13 Å². The molecule has 0 radical (unpaired) electrons. The summed E-state index contributed by atoms with van der Waals surface area (Å²) in [4.78, 5) is 30.0. The third-order valence-electron chi connectivity index (χ3n) is 4.08. The molecule has 4 rings (SSSR count). The SMILES string of the molecule is O=C(Nc1nc(-c2ccco2)c(C(=O)C2CCOCC2)s1)c1ccno1. The van der Waals surface area contributed by atoms with Crippen molar-refractivity contribution in [2.45, 2.75) is 12.8 Å². The van der Waals surface area contributed by atoms with E-state index in [1.807, 2.05) is 0 Å². The lowest BCUT2D eigenvalue weighted by Gasteiger charge is -2.20. The van der Waals surface area contributed by atoms with Crippen LogP contribution in [0.25, 0.3) is 11.5 Å². The molecule has 1 fully saturated rings. The Morgan fingerprint density at radius 2 is 2.08 bits per heavy atom. The normalized spacial score (nSPS) is 15.1. The minimum absolute atomic E-state index is 0.00244. The van der Waals surface area contributed by atoms with Crippen molar-refractivity contribution in [2.75, 3.05) is 18.5 Å². The van der Waals surface area contributed by atoms with E-state index >= 15 is 0 Å². The molecule has 0 atom stereocenters. The third kappa shape index (κ3) is 3.31.